The average molecular weight is 400 g/mol. The lowest BCUT2D eigenvalue weighted by Gasteiger charge is -2.02. The molecular weight excluding hydrogens is 384 g/mol. The van der Waals surface area contributed by atoms with Gasteiger partial charge in [0.1, 0.15) is 0 Å². The maximum atomic E-state index is 12.8. The lowest BCUT2D eigenvalue weighted by molar-refractivity contribution is 0.0998. The van der Waals surface area contributed by atoms with Crippen molar-refractivity contribution in [1.29, 1.82) is 0 Å². The first-order valence-electron chi connectivity index (χ1n) is 9.43. The first-order valence-corrected chi connectivity index (χ1v) is 10.2. The lowest BCUT2D eigenvalue weighted by atomic mass is 10.0. The van der Waals surface area contributed by atoms with Crippen LogP contribution >= 0.6 is 11.3 Å². The number of carbonyl (C=O) groups excluding carboxylic acids is 1. The first kappa shape index (κ1) is 16.6. The molecule has 5 aromatic rings. The number of anilines is 1. The molecule has 142 valence electrons. The fourth-order valence-electron chi connectivity index (χ4n) is 4.23. The van der Waals surface area contributed by atoms with E-state index in [0.29, 0.717) is 16.5 Å². The molecular formula is C23H16N2O3S. The minimum Gasteiger partial charge on any atom is -0.493 e. The lowest BCUT2D eigenvalue weighted by Crippen LogP contribution is -2.10. The van der Waals surface area contributed by atoms with Gasteiger partial charge in [-0.3, -0.25) is 10.1 Å². The minimum absolute atomic E-state index is 0.234. The van der Waals surface area contributed by atoms with Crippen molar-refractivity contribution in [2.24, 2.45) is 0 Å². The van der Waals surface area contributed by atoms with Crippen molar-refractivity contribution in [3.05, 3.63) is 65.4 Å². The molecule has 29 heavy (non-hydrogen) atoms. The summed E-state index contributed by atoms with van der Waals surface area (Å²) in [6.45, 7) is 0. The molecule has 1 N–H and O–H groups in total. The number of thiazole rings is 1. The van der Waals surface area contributed by atoms with Gasteiger partial charge >= 0.3 is 0 Å². The smallest absolute Gasteiger partial charge is 0.293 e. The van der Waals surface area contributed by atoms with Crippen molar-refractivity contribution in [1.82, 2.24) is 4.98 Å². The number of aryl methyl sites for hydroxylation is 2. The number of benzene rings is 3. The van der Waals surface area contributed by atoms with Crippen LogP contribution in [-0.4, -0.2) is 18.0 Å². The molecule has 5 nitrogen and oxygen atoms in total. The van der Waals surface area contributed by atoms with Gasteiger partial charge in [0.2, 0.25) is 0 Å². The quantitative estimate of drug-likeness (QED) is 0.431. The number of nitrogens with one attached hydrogen (secondary N) is 1. The van der Waals surface area contributed by atoms with Crippen LogP contribution in [0.5, 0.6) is 5.75 Å². The van der Waals surface area contributed by atoms with Gasteiger partial charge in [0.25, 0.3) is 5.91 Å². The van der Waals surface area contributed by atoms with E-state index in [0.717, 1.165) is 33.8 Å². The number of hydrogen-bond acceptors (Lipinski definition) is 5. The van der Waals surface area contributed by atoms with E-state index in [2.05, 4.69) is 29.6 Å². The van der Waals surface area contributed by atoms with Crippen LogP contribution in [0, 0.1) is 0 Å². The number of nitrogens with zero attached hydrogens (tertiary/aromatic N) is 1. The summed E-state index contributed by atoms with van der Waals surface area (Å²) in [4.78, 5) is 17.5. The van der Waals surface area contributed by atoms with Gasteiger partial charge in [-0.05, 0) is 47.6 Å². The zero-order chi connectivity index (χ0) is 19.5. The molecule has 6 rings (SSSR count). The number of fused-ring (bicyclic) bond motifs is 3. The highest BCUT2D eigenvalue weighted by molar-refractivity contribution is 7.22. The van der Waals surface area contributed by atoms with Crippen LogP contribution in [0.4, 0.5) is 5.13 Å². The molecule has 2 aromatic heterocycles. The van der Waals surface area contributed by atoms with Gasteiger partial charge in [-0.1, -0.05) is 41.7 Å². The largest absolute Gasteiger partial charge is 0.493 e. The zero-order valence-corrected chi connectivity index (χ0v) is 16.4. The van der Waals surface area contributed by atoms with Gasteiger partial charge < -0.3 is 9.15 Å². The Hall–Kier alpha value is -3.38. The first-order chi connectivity index (χ1) is 14.2. The number of para-hydroxylation sites is 1. The maximum Gasteiger partial charge on any atom is 0.293 e. The Morgan fingerprint density at radius 3 is 2.90 bits per heavy atom. The van der Waals surface area contributed by atoms with Crippen LogP contribution in [0.1, 0.15) is 21.7 Å². The second kappa shape index (κ2) is 6.06. The highest BCUT2D eigenvalue weighted by Gasteiger charge is 2.20. The molecule has 0 aliphatic heterocycles. The van der Waals surface area contributed by atoms with Gasteiger partial charge in [-0.25, -0.2) is 4.98 Å². The maximum absolute atomic E-state index is 12.8. The van der Waals surface area contributed by atoms with Gasteiger partial charge in [0, 0.05) is 10.8 Å². The highest BCUT2D eigenvalue weighted by Crippen LogP contribution is 2.39. The Labute approximate surface area is 169 Å². The van der Waals surface area contributed by atoms with Crippen LogP contribution in [0.2, 0.25) is 0 Å². The predicted octanol–water partition coefficient (Wildman–Crippen LogP) is 5.56. The van der Waals surface area contributed by atoms with E-state index in [4.69, 9.17) is 14.1 Å². The Bertz CT molecular complexity index is 1450. The molecule has 0 saturated carbocycles. The molecule has 0 radical (unpaired) electrons. The van der Waals surface area contributed by atoms with E-state index in [1.807, 2.05) is 18.2 Å². The molecule has 1 aliphatic rings. The Balaban J connectivity index is 1.40. The van der Waals surface area contributed by atoms with E-state index in [1.165, 1.54) is 27.8 Å². The van der Waals surface area contributed by atoms with Crippen LogP contribution in [0.25, 0.3) is 32.0 Å². The number of amides is 1. The van der Waals surface area contributed by atoms with E-state index in [9.17, 15) is 4.79 Å². The standard InChI is InChI=1S/C23H16N2O3S/c1-27-16-7-3-5-14-10-17(28-21(14)16)22(26)25-23-24-20-15-6-2-4-12-8-9-13(19(12)15)11-18(20)29-23/h2-7,10-11H,8-9H2,1H3,(H,24,25,26). The number of methoxy groups -OCH3 is 1. The molecule has 0 saturated heterocycles. The van der Waals surface area contributed by atoms with Crippen molar-refractivity contribution >= 4 is 54.3 Å². The summed E-state index contributed by atoms with van der Waals surface area (Å²) in [5.74, 6) is 0.517. The van der Waals surface area contributed by atoms with Crippen LogP contribution in [0.3, 0.4) is 0 Å². The third-order valence-electron chi connectivity index (χ3n) is 5.52. The summed E-state index contributed by atoms with van der Waals surface area (Å²) in [6, 6.07) is 15.9. The molecule has 3 aromatic carbocycles. The van der Waals surface area contributed by atoms with E-state index in [-0.39, 0.29) is 11.7 Å². The van der Waals surface area contributed by atoms with E-state index >= 15 is 0 Å². The molecule has 0 spiro atoms. The summed E-state index contributed by atoms with van der Waals surface area (Å²) in [6.07, 6.45) is 2.15. The summed E-state index contributed by atoms with van der Waals surface area (Å²) in [5, 5.41) is 6.78. The normalized spacial score (nSPS) is 12.9. The molecule has 0 atom stereocenters. The van der Waals surface area contributed by atoms with Gasteiger partial charge in [-0.2, -0.15) is 0 Å². The van der Waals surface area contributed by atoms with Gasteiger partial charge in [-0.15, -0.1) is 0 Å². The van der Waals surface area contributed by atoms with Gasteiger partial charge in [0.15, 0.2) is 22.2 Å². The molecule has 6 heteroatoms. The molecule has 2 heterocycles. The molecule has 1 amide bonds. The summed E-state index contributed by atoms with van der Waals surface area (Å²) in [5.41, 5.74) is 4.26. The third-order valence-corrected chi connectivity index (χ3v) is 6.44. The monoisotopic (exact) mass is 400 g/mol. The third kappa shape index (κ3) is 2.46. The summed E-state index contributed by atoms with van der Waals surface area (Å²) in [7, 11) is 1.58. The van der Waals surface area contributed by atoms with Crippen molar-refractivity contribution in [3.63, 3.8) is 0 Å². The topological polar surface area (TPSA) is 64.4 Å². The Morgan fingerprint density at radius 1 is 1.14 bits per heavy atom. The minimum atomic E-state index is -0.320. The number of carbonyl (C=O) groups is 1. The Kier molecular flexibility index (Phi) is 3.46. The van der Waals surface area contributed by atoms with Crippen molar-refractivity contribution in [3.8, 4) is 5.75 Å². The van der Waals surface area contributed by atoms with Crippen LogP contribution < -0.4 is 10.1 Å². The van der Waals surface area contributed by atoms with Crippen LogP contribution in [-0.2, 0) is 12.8 Å². The molecule has 0 bridgehead atoms. The van der Waals surface area contributed by atoms with Crippen LogP contribution in [0.15, 0.2) is 52.9 Å². The highest BCUT2D eigenvalue weighted by atomic mass is 32.1. The average Bonchev–Trinajstić information content (AvgIpc) is 3.45. The van der Waals surface area contributed by atoms with Crippen molar-refractivity contribution in [2.45, 2.75) is 12.8 Å². The number of aromatic nitrogens is 1. The van der Waals surface area contributed by atoms with Crippen molar-refractivity contribution < 1.29 is 13.9 Å². The van der Waals surface area contributed by atoms with Gasteiger partial charge in [0.05, 0.1) is 17.3 Å². The molecule has 0 fully saturated rings. The molecule has 1 aliphatic carbocycles. The number of furan rings is 1. The van der Waals surface area contributed by atoms with E-state index < -0.39 is 0 Å². The zero-order valence-electron chi connectivity index (χ0n) is 15.6. The van der Waals surface area contributed by atoms with E-state index in [1.54, 1.807) is 13.2 Å². The molecule has 0 unspecified atom stereocenters. The Morgan fingerprint density at radius 2 is 2.00 bits per heavy atom. The fraction of sp³-hybridized carbons (Fsp3) is 0.130. The number of rotatable bonds is 3. The second-order valence-electron chi connectivity index (χ2n) is 7.18. The second-order valence-corrected chi connectivity index (χ2v) is 8.22. The predicted molar refractivity (Wildman–Crippen MR) is 115 cm³/mol. The fourth-order valence-corrected chi connectivity index (χ4v) is 5.17. The summed E-state index contributed by atoms with van der Waals surface area (Å²) >= 11 is 1.49. The SMILES string of the molecule is COc1cccc2cc(C(=O)Nc3nc4c(cc5c6c(cccc64)CC5)s3)oc12. The number of hydrogen-bond donors (Lipinski definition) is 1. The van der Waals surface area contributed by atoms with Crippen molar-refractivity contribution in [2.75, 3.05) is 12.4 Å². The number of ether oxygens (including phenoxy) is 1. The summed E-state index contributed by atoms with van der Waals surface area (Å²) < 4.78 is 12.2.